The fourth-order valence-electron chi connectivity index (χ4n) is 2.01. The molecule has 8 heteroatoms. The summed E-state index contributed by atoms with van der Waals surface area (Å²) in [6.07, 6.45) is 0. The Morgan fingerprint density at radius 2 is 1.96 bits per heavy atom. The largest absolute Gasteiger partial charge is 0.383 e. The molecule has 0 bridgehead atoms. The van der Waals surface area contributed by atoms with Gasteiger partial charge in [0, 0.05) is 7.11 Å². The Bertz CT molecular complexity index is 799. The summed E-state index contributed by atoms with van der Waals surface area (Å²) in [7, 11) is -2.35. The van der Waals surface area contributed by atoms with E-state index >= 15 is 0 Å². The van der Waals surface area contributed by atoms with Crippen LogP contribution in [0.2, 0.25) is 5.02 Å². The fraction of sp³-hybridized carbons (Fsp3) is 0.267. The van der Waals surface area contributed by atoms with Crippen LogP contribution in [-0.2, 0) is 14.8 Å². The Hall–Kier alpha value is -1.15. The van der Waals surface area contributed by atoms with Crippen LogP contribution in [0.5, 0.6) is 0 Å². The average Bonchev–Trinajstić information content (AvgIpc) is 2.50. The standard InChI is InChI=1S/C15H16BrClN2O3S/c1-11-5-3-6-12(15(11)17)23(20,21)19(9-10-22-2)14-8-4-7-13(16)18-14/h3-8H,9-10H2,1-2H3. The average molecular weight is 420 g/mol. The summed E-state index contributed by atoms with van der Waals surface area (Å²) in [5.74, 6) is 0.300. The maximum atomic E-state index is 13.1. The van der Waals surface area contributed by atoms with E-state index in [1.807, 2.05) is 0 Å². The monoisotopic (exact) mass is 418 g/mol. The van der Waals surface area contributed by atoms with Gasteiger partial charge in [0.1, 0.15) is 15.3 Å². The zero-order valence-corrected chi connectivity index (χ0v) is 15.8. The van der Waals surface area contributed by atoms with Crippen LogP contribution in [-0.4, -0.2) is 33.7 Å². The predicted molar refractivity (Wildman–Crippen MR) is 94.5 cm³/mol. The molecule has 23 heavy (non-hydrogen) atoms. The number of aromatic nitrogens is 1. The predicted octanol–water partition coefficient (Wildman–Crippen LogP) is 3.65. The van der Waals surface area contributed by atoms with Crippen molar-refractivity contribution in [2.75, 3.05) is 24.6 Å². The molecule has 0 atom stereocenters. The topological polar surface area (TPSA) is 59.5 Å². The number of pyridine rings is 1. The van der Waals surface area contributed by atoms with Gasteiger partial charge in [-0.15, -0.1) is 0 Å². The van der Waals surface area contributed by atoms with Crippen LogP contribution in [0.4, 0.5) is 5.82 Å². The van der Waals surface area contributed by atoms with Gasteiger partial charge in [0.15, 0.2) is 0 Å². The molecule has 1 aromatic heterocycles. The number of aryl methyl sites for hydroxylation is 1. The van der Waals surface area contributed by atoms with E-state index in [1.165, 1.54) is 17.5 Å². The van der Waals surface area contributed by atoms with E-state index in [1.54, 1.807) is 37.3 Å². The molecule has 1 aromatic carbocycles. The van der Waals surface area contributed by atoms with Gasteiger partial charge in [-0.1, -0.05) is 29.8 Å². The number of halogens is 2. The molecule has 2 aromatic rings. The van der Waals surface area contributed by atoms with Crippen molar-refractivity contribution >= 4 is 43.4 Å². The Morgan fingerprint density at radius 3 is 2.61 bits per heavy atom. The SMILES string of the molecule is COCCN(c1cccc(Br)n1)S(=O)(=O)c1cccc(C)c1Cl. The molecule has 0 saturated carbocycles. The lowest BCUT2D eigenvalue weighted by molar-refractivity contribution is 0.208. The lowest BCUT2D eigenvalue weighted by Crippen LogP contribution is -2.35. The Kier molecular flexibility index (Phi) is 6.02. The van der Waals surface area contributed by atoms with Gasteiger partial charge in [-0.3, -0.25) is 0 Å². The molecule has 1 heterocycles. The molecular weight excluding hydrogens is 404 g/mol. The second kappa shape index (κ2) is 7.61. The van der Waals surface area contributed by atoms with E-state index in [4.69, 9.17) is 16.3 Å². The van der Waals surface area contributed by atoms with Crippen molar-refractivity contribution in [3.63, 3.8) is 0 Å². The minimum atomic E-state index is -3.86. The van der Waals surface area contributed by atoms with Crippen molar-refractivity contribution in [1.82, 2.24) is 4.98 Å². The third kappa shape index (κ3) is 4.03. The Labute approximate surface area is 149 Å². The first-order valence-corrected chi connectivity index (χ1v) is 9.38. The normalized spacial score (nSPS) is 11.5. The summed E-state index contributed by atoms with van der Waals surface area (Å²) in [5, 5.41) is 0.213. The number of benzene rings is 1. The summed E-state index contributed by atoms with van der Waals surface area (Å²) >= 11 is 9.47. The van der Waals surface area contributed by atoms with Gasteiger partial charge in [-0.25, -0.2) is 17.7 Å². The third-order valence-corrected chi connectivity index (χ3v) is 6.08. The lowest BCUT2D eigenvalue weighted by Gasteiger charge is -2.24. The van der Waals surface area contributed by atoms with Crippen molar-refractivity contribution < 1.29 is 13.2 Å². The number of rotatable bonds is 6. The first-order chi connectivity index (χ1) is 10.9. The molecule has 2 rings (SSSR count). The first kappa shape index (κ1) is 18.2. The van der Waals surface area contributed by atoms with Crippen LogP contribution in [0, 0.1) is 6.92 Å². The fourth-order valence-corrected chi connectivity index (χ4v) is 4.30. The highest BCUT2D eigenvalue weighted by Crippen LogP contribution is 2.30. The summed E-state index contributed by atoms with van der Waals surface area (Å²) in [4.78, 5) is 4.29. The number of methoxy groups -OCH3 is 1. The number of nitrogens with zero attached hydrogens (tertiary/aromatic N) is 2. The zero-order valence-electron chi connectivity index (χ0n) is 12.7. The van der Waals surface area contributed by atoms with Gasteiger partial charge in [-0.2, -0.15) is 0 Å². The quantitative estimate of drug-likeness (QED) is 0.671. The summed E-state index contributed by atoms with van der Waals surface area (Å²) in [5.41, 5.74) is 0.696. The molecule has 0 unspecified atom stereocenters. The van der Waals surface area contributed by atoms with Gasteiger partial charge < -0.3 is 4.74 Å². The smallest absolute Gasteiger partial charge is 0.267 e. The van der Waals surface area contributed by atoms with Crippen LogP contribution in [0.1, 0.15) is 5.56 Å². The molecule has 5 nitrogen and oxygen atoms in total. The second-order valence-electron chi connectivity index (χ2n) is 4.78. The van der Waals surface area contributed by atoms with Crippen molar-refractivity contribution in [1.29, 1.82) is 0 Å². The minimum absolute atomic E-state index is 0.0528. The summed E-state index contributed by atoms with van der Waals surface area (Å²) in [6.45, 7) is 2.13. The van der Waals surface area contributed by atoms with Crippen molar-refractivity contribution in [2.24, 2.45) is 0 Å². The highest BCUT2D eigenvalue weighted by molar-refractivity contribution is 9.10. The molecule has 0 N–H and O–H groups in total. The van der Waals surface area contributed by atoms with Gasteiger partial charge >= 0.3 is 0 Å². The maximum absolute atomic E-state index is 13.1. The van der Waals surface area contributed by atoms with Crippen LogP contribution in [0.15, 0.2) is 45.9 Å². The van der Waals surface area contributed by atoms with Gasteiger partial charge in [0.05, 0.1) is 18.2 Å². The summed E-state index contributed by atoms with van der Waals surface area (Å²) in [6, 6.07) is 9.99. The molecule has 0 aliphatic carbocycles. The molecule has 0 spiro atoms. The van der Waals surface area contributed by atoms with E-state index < -0.39 is 10.0 Å². The molecule has 0 saturated heterocycles. The van der Waals surface area contributed by atoms with Gasteiger partial charge in [-0.05, 0) is 46.6 Å². The first-order valence-electron chi connectivity index (χ1n) is 6.77. The molecule has 0 fully saturated rings. The van der Waals surface area contributed by atoms with Crippen molar-refractivity contribution in [3.8, 4) is 0 Å². The van der Waals surface area contributed by atoms with Crippen molar-refractivity contribution in [2.45, 2.75) is 11.8 Å². The van der Waals surface area contributed by atoms with E-state index in [0.717, 1.165) is 0 Å². The molecule has 124 valence electrons. The van der Waals surface area contributed by atoms with Gasteiger partial charge in [0.25, 0.3) is 10.0 Å². The number of anilines is 1. The summed E-state index contributed by atoms with van der Waals surface area (Å²) < 4.78 is 32.9. The van der Waals surface area contributed by atoms with Crippen molar-refractivity contribution in [3.05, 3.63) is 51.6 Å². The van der Waals surface area contributed by atoms with Crippen LogP contribution in [0.25, 0.3) is 0 Å². The number of hydrogen-bond donors (Lipinski definition) is 0. The van der Waals surface area contributed by atoms with E-state index in [9.17, 15) is 8.42 Å². The molecule has 0 aliphatic rings. The van der Waals surface area contributed by atoms with Gasteiger partial charge in [0.2, 0.25) is 0 Å². The highest BCUT2D eigenvalue weighted by atomic mass is 79.9. The Morgan fingerprint density at radius 1 is 1.26 bits per heavy atom. The maximum Gasteiger partial charge on any atom is 0.267 e. The Balaban J connectivity index is 2.55. The molecule has 0 aliphatic heterocycles. The third-order valence-electron chi connectivity index (χ3n) is 3.18. The van der Waals surface area contributed by atoms with E-state index in [-0.39, 0.29) is 23.1 Å². The zero-order chi connectivity index (χ0) is 17.0. The number of sulfonamides is 1. The lowest BCUT2D eigenvalue weighted by atomic mass is 10.2. The van der Waals surface area contributed by atoms with E-state index in [0.29, 0.717) is 16.0 Å². The van der Waals surface area contributed by atoms with Crippen LogP contribution in [0.3, 0.4) is 0 Å². The van der Waals surface area contributed by atoms with Crippen LogP contribution >= 0.6 is 27.5 Å². The highest BCUT2D eigenvalue weighted by Gasteiger charge is 2.28. The molecule has 0 amide bonds. The second-order valence-corrected chi connectivity index (χ2v) is 7.80. The number of hydrogen-bond acceptors (Lipinski definition) is 4. The molecular formula is C15H16BrClN2O3S. The van der Waals surface area contributed by atoms with Crippen LogP contribution < -0.4 is 4.31 Å². The minimum Gasteiger partial charge on any atom is -0.383 e. The number of ether oxygens (including phenoxy) is 1. The molecule has 0 radical (unpaired) electrons. The van der Waals surface area contributed by atoms with E-state index in [2.05, 4.69) is 20.9 Å².